The molecule has 2 unspecified atom stereocenters. The Morgan fingerprint density at radius 2 is 1.62 bits per heavy atom. The van der Waals surface area contributed by atoms with Crippen LogP contribution in [0.3, 0.4) is 0 Å². The average molecular weight is 438 g/mol. The topological polar surface area (TPSA) is 76.2 Å². The zero-order valence-corrected chi connectivity index (χ0v) is 19.3. The molecule has 1 aliphatic carbocycles. The van der Waals surface area contributed by atoms with E-state index in [0.717, 1.165) is 23.6 Å². The van der Waals surface area contributed by atoms with Crippen molar-refractivity contribution >= 4 is 16.9 Å². The Morgan fingerprint density at radius 1 is 0.938 bits per heavy atom. The Kier molecular flexibility index (Phi) is 6.79. The summed E-state index contributed by atoms with van der Waals surface area (Å²) in [6.07, 6.45) is 15.0. The number of aromatic nitrogens is 2. The van der Waals surface area contributed by atoms with Crippen molar-refractivity contribution in [2.24, 2.45) is 11.7 Å². The van der Waals surface area contributed by atoms with Gasteiger partial charge in [0.2, 0.25) is 0 Å². The van der Waals surface area contributed by atoms with E-state index in [1.807, 2.05) is 28.8 Å². The van der Waals surface area contributed by atoms with Crippen LogP contribution >= 0.6 is 0 Å². The molecular weight excluding hydrogens is 398 g/mol. The molecule has 174 valence electrons. The van der Waals surface area contributed by atoms with E-state index in [0.29, 0.717) is 36.9 Å². The first-order valence-electron chi connectivity index (χ1n) is 13.0. The highest BCUT2D eigenvalue weighted by atomic mass is 16.1. The smallest absolute Gasteiger partial charge is 0.293 e. The molecule has 2 bridgehead atoms. The summed E-state index contributed by atoms with van der Waals surface area (Å²) < 4.78 is 1.98. The fourth-order valence-electron chi connectivity index (χ4n) is 6.74. The summed E-state index contributed by atoms with van der Waals surface area (Å²) in [5.74, 6) is 0.993. The Morgan fingerprint density at radius 3 is 2.34 bits per heavy atom. The van der Waals surface area contributed by atoms with Crippen LogP contribution in [0, 0.1) is 5.92 Å². The van der Waals surface area contributed by atoms with Crippen molar-refractivity contribution in [2.45, 2.75) is 95.3 Å². The molecule has 0 radical (unpaired) electrons. The minimum Gasteiger partial charge on any atom is -0.364 e. The second-order valence-corrected chi connectivity index (χ2v) is 10.2. The first kappa shape index (κ1) is 21.9. The van der Waals surface area contributed by atoms with Crippen LogP contribution in [0.25, 0.3) is 11.0 Å². The van der Waals surface area contributed by atoms with Crippen LogP contribution in [0.2, 0.25) is 0 Å². The standard InChI is InChI=1S/C26H39N5O/c27-14-15-28-25-26(32)30(24-11-7-6-10-23(24)29-25)18-19-16-21-12-13-22(17-19)31(21)20-8-4-2-1-3-5-9-20/h6-7,10-11,19-22H,1-5,8-9,12-18,27H2,(H,28,29)/t19?,21-,22?/m0/s1. The van der Waals surface area contributed by atoms with E-state index in [-0.39, 0.29) is 5.56 Å². The van der Waals surface area contributed by atoms with Crippen molar-refractivity contribution in [1.29, 1.82) is 0 Å². The Balaban J connectivity index is 1.36. The van der Waals surface area contributed by atoms with Gasteiger partial charge in [0.25, 0.3) is 5.56 Å². The molecule has 32 heavy (non-hydrogen) atoms. The highest BCUT2D eigenvalue weighted by Gasteiger charge is 2.43. The van der Waals surface area contributed by atoms with Gasteiger partial charge in [-0.15, -0.1) is 0 Å². The number of anilines is 1. The van der Waals surface area contributed by atoms with E-state index < -0.39 is 0 Å². The molecule has 1 aromatic carbocycles. The lowest BCUT2D eigenvalue weighted by molar-refractivity contribution is 0.0428. The summed E-state index contributed by atoms with van der Waals surface area (Å²) in [4.78, 5) is 20.8. The molecule has 3 fully saturated rings. The van der Waals surface area contributed by atoms with Gasteiger partial charge in [0.15, 0.2) is 5.82 Å². The number of benzene rings is 1. The maximum absolute atomic E-state index is 13.3. The van der Waals surface area contributed by atoms with Gasteiger partial charge in [0, 0.05) is 37.8 Å². The number of para-hydroxylation sites is 2. The Labute approximate surface area is 191 Å². The maximum atomic E-state index is 13.3. The zero-order chi connectivity index (χ0) is 21.9. The van der Waals surface area contributed by atoms with Crippen molar-refractivity contribution in [2.75, 3.05) is 18.4 Å². The van der Waals surface area contributed by atoms with Crippen LogP contribution in [0.15, 0.2) is 29.1 Å². The quantitative estimate of drug-likeness (QED) is 0.711. The molecule has 6 nitrogen and oxygen atoms in total. The molecule has 3 aliphatic rings. The van der Waals surface area contributed by atoms with Crippen LogP contribution in [0.1, 0.15) is 70.6 Å². The predicted octanol–water partition coefficient (Wildman–Crippen LogP) is 4.12. The van der Waals surface area contributed by atoms with Gasteiger partial charge < -0.3 is 15.6 Å². The van der Waals surface area contributed by atoms with Gasteiger partial charge in [0.05, 0.1) is 11.0 Å². The van der Waals surface area contributed by atoms with E-state index in [1.54, 1.807) is 0 Å². The first-order chi connectivity index (χ1) is 15.7. The van der Waals surface area contributed by atoms with E-state index in [9.17, 15) is 4.79 Å². The third-order valence-corrected chi connectivity index (χ3v) is 8.11. The molecule has 3 N–H and O–H groups in total. The number of nitrogens with two attached hydrogens (primary N) is 1. The van der Waals surface area contributed by atoms with E-state index in [2.05, 4.69) is 15.2 Å². The monoisotopic (exact) mass is 437 g/mol. The van der Waals surface area contributed by atoms with Crippen LogP contribution in [-0.4, -0.2) is 45.7 Å². The molecule has 2 aromatic rings. The van der Waals surface area contributed by atoms with Gasteiger partial charge in [-0.1, -0.05) is 44.2 Å². The normalized spacial score (nSPS) is 27.3. The molecular formula is C26H39N5O. The summed E-state index contributed by atoms with van der Waals surface area (Å²) in [7, 11) is 0. The van der Waals surface area contributed by atoms with Crippen molar-refractivity contribution in [3.8, 4) is 0 Å². The molecule has 3 heterocycles. The van der Waals surface area contributed by atoms with Gasteiger partial charge in [0.1, 0.15) is 0 Å². The number of piperidine rings is 1. The van der Waals surface area contributed by atoms with Crippen LogP contribution in [0.5, 0.6) is 0 Å². The molecule has 0 spiro atoms. The lowest BCUT2D eigenvalue weighted by atomic mass is 9.86. The van der Waals surface area contributed by atoms with E-state index >= 15 is 0 Å². The molecule has 1 aromatic heterocycles. The van der Waals surface area contributed by atoms with E-state index in [1.165, 1.54) is 70.6 Å². The number of hydrogen-bond donors (Lipinski definition) is 2. The Hall–Kier alpha value is -1.92. The summed E-state index contributed by atoms with van der Waals surface area (Å²) in [5.41, 5.74) is 7.47. The maximum Gasteiger partial charge on any atom is 0.293 e. The third-order valence-electron chi connectivity index (χ3n) is 8.11. The molecule has 5 rings (SSSR count). The number of nitrogens with one attached hydrogen (secondary N) is 1. The molecule has 0 amide bonds. The number of rotatable bonds is 6. The number of hydrogen-bond acceptors (Lipinski definition) is 5. The second kappa shape index (κ2) is 9.92. The van der Waals surface area contributed by atoms with Crippen molar-refractivity contribution in [3.05, 3.63) is 34.6 Å². The molecule has 2 saturated heterocycles. The van der Waals surface area contributed by atoms with Crippen LogP contribution in [0.4, 0.5) is 5.82 Å². The third kappa shape index (κ3) is 4.44. The fourth-order valence-corrected chi connectivity index (χ4v) is 6.74. The fraction of sp³-hybridized carbons (Fsp3) is 0.692. The van der Waals surface area contributed by atoms with Crippen LogP contribution in [-0.2, 0) is 6.54 Å². The predicted molar refractivity (Wildman–Crippen MR) is 131 cm³/mol. The number of nitrogens with zero attached hydrogens (tertiary/aromatic N) is 3. The largest absolute Gasteiger partial charge is 0.364 e. The highest BCUT2D eigenvalue weighted by molar-refractivity contribution is 5.76. The lowest BCUT2D eigenvalue weighted by Gasteiger charge is -2.44. The molecule has 2 aliphatic heterocycles. The SMILES string of the molecule is NCCNc1nc2ccccc2n(CC2CC3CC[C@@H](C2)N3C2CCCCCCC2)c1=O. The van der Waals surface area contributed by atoms with Crippen molar-refractivity contribution in [3.63, 3.8) is 0 Å². The summed E-state index contributed by atoms with van der Waals surface area (Å²) in [6, 6.07) is 10.3. The average Bonchev–Trinajstić information content (AvgIpc) is 3.04. The molecule has 3 atom stereocenters. The summed E-state index contributed by atoms with van der Waals surface area (Å²) >= 11 is 0. The number of fused-ring (bicyclic) bond motifs is 3. The van der Waals surface area contributed by atoms with Gasteiger partial charge in [-0.25, -0.2) is 4.98 Å². The van der Waals surface area contributed by atoms with Gasteiger partial charge >= 0.3 is 0 Å². The molecule has 1 saturated carbocycles. The highest BCUT2D eigenvalue weighted by Crippen LogP contribution is 2.42. The minimum atomic E-state index is -0.00746. The van der Waals surface area contributed by atoms with Gasteiger partial charge in [-0.2, -0.15) is 0 Å². The Bertz CT molecular complexity index is 950. The zero-order valence-electron chi connectivity index (χ0n) is 19.3. The van der Waals surface area contributed by atoms with Crippen molar-refractivity contribution in [1.82, 2.24) is 14.5 Å². The molecule has 6 heteroatoms. The van der Waals surface area contributed by atoms with Crippen molar-refractivity contribution < 1.29 is 0 Å². The van der Waals surface area contributed by atoms with Crippen LogP contribution < -0.4 is 16.6 Å². The lowest BCUT2D eigenvalue weighted by Crippen LogP contribution is -2.49. The first-order valence-corrected chi connectivity index (χ1v) is 13.0. The summed E-state index contributed by atoms with van der Waals surface area (Å²) in [5, 5.41) is 3.15. The minimum absolute atomic E-state index is 0.00746. The van der Waals surface area contributed by atoms with Gasteiger partial charge in [-0.3, -0.25) is 9.69 Å². The second-order valence-electron chi connectivity index (χ2n) is 10.2. The van der Waals surface area contributed by atoms with E-state index in [4.69, 9.17) is 5.73 Å². The van der Waals surface area contributed by atoms with Gasteiger partial charge in [-0.05, 0) is 56.6 Å². The summed E-state index contributed by atoms with van der Waals surface area (Å²) in [6.45, 7) is 1.84.